The van der Waals surface area contributed by atoms with Gasteiger partial charge in [0, 0.05) is 37.5 Å². The van der Waals surface area contributed by atoms with Crippen LogP contribution < -0.4 is 0 Å². The summed E-state index contributed by atoms with van der Waals surface area (Å²) >= 11 is 0. The summed E-state index contributed by atoms with van der Waals surface area (Å²) in [6.45, 7) is 6.87. The fourth-order valence-electron chi connectivity index (χ4n) is 4.29. The zero-order valence-corrected chi connectivity index (χ0v) is 14.1. The number of hydrogen-bond acceptors (Lipinski definition) is 5. The molecule has 0 saturated carbocycles. The molecule has 24 heavy (non-hydrogen) atoms. The molecule has 132 valence electrons. The van der Waals surface area contributed by atoms with Crippen LogP contribution in [0.2, 0.25) is 0 Å². The van der Waals surface area contributed by atoms with Crippen molar-refractivity contribution in [1.82, 2.24) is 9.80 Å². The molecule has 4 heterocycles. The molecule has 3 fully saturated rings. The molecule has 1 amide bonds. The highest BCUT2D eigenvalue weighted by Gasteiger charge is 2.50. The van der Waals surface area contributed by atoms with Gasteiger partial charge in [-0.15, -0.1) is 0 Å². The Morgan fingerprint density at radius 2 is 2.25 bits per heavy atom. The lowest BCUT2D eigenvalue weighted by Gasteiger charge is -2.27. The number of furan rings is 1. The van der Waals surface area contributed by atoms with E-state index >= 15 is 0 Å². The number of amides is 1. The van der Waals surface area contributed by atoms with Crippen LogP contribution in [0, 0.1) is 11.3 Å². The van der Waals surface area contributed by atoms with Gasteiger partial charge in [-0.3, -0.25) is 9.69 Å². The highest BCUT2D eigenvalue weighted by atomic mass is 16.5. The average molecular weight is 334 g/mol. The van der Waals surface area contributed by atoms with E-state index in [4.69, 9.17) is 13.9 Å². The van der Waals surface area contributed by atoms with Crippen molar-refractivity contribution in [2.24, 2.45) is 11.3 Å². The van der Waals surface area contributed by atoms with Gasteiger partial charge in [0.15, 0.2) is 0 Å². The van der Waals surface area contributed by atoms with Crippen molar-refractivity contribution in [2.75, 3.05) is 52.6 Å². The van der Waals surface area contributed by atoms with Crippen molar-refractivity contribution < 1.29 is 18.7 Å². The summed E-state index contributed by atoms with van der Waals surface area (Å²) in [4.78, 5) is 16.5. The Bertz CT molecular complexity index is 555. The Hall–Kier alpha value is -1.37. The molecule has 6 nitrogen and oxygen atoms in total. The third kappa shape index (κ3) is 3.23. The molecular formula is C18H26N2O4. The van der Waals surface area contributed by atoms with Crippen molar-refractivity contribution in [3.63, 3.8) is 0 Å². The van der Waals surface area contributed by atoms with Crippen LogP contribution in [0.1, 0.15) is 18.6 Å². The largest absolute Gasteiger partial charge is 0.468 e. The average Bonchev–Trinajstić information content (AvgIpc) is 3.32. The van der Waals surface area contributed by atoms with Gasteiger partial charge in [-0.25, -0.2) is 0 Å². The highest BCUT2D eigenvalue weighted by Crippen LogP contribution is 2.42. The molecule has 6 heteroatoms. The second-order valence-corrected chi connectivity index (χ2v) is 7.40. The van der Waals surface area contributed by atoms with Gasteiger partial charge in [-0.05, 0) is 25.0 Å². The van der Waals surface area contributed by atoms with Gasteiger partial charge < -0.3 is 18.8 Å². The lowest BCUT2D eigenvalue weighted by Crippen LogP contribution is -2.38. The minimum Gasteiger partial charge on any atom is -0.468 e. The third-order valence-corrected chi connectivity index (χ3v) is 5.63. The van der Waals surface area contributed by atoms with Crippen molar-refractivity contribution in [3.05, 3.63) is 24.2 Å². The monoisotopic (exact) mass is 334 g/mol. The Morgan fingerprint density at radius 3 is 3.04 bits per heavy atom. The Labute approximate surface area is 142 Å². The zero-order valence-electron chi connectivity index (χ0n) is 14.1. The van der Waals surface area contributed by atoms with Gasteiger partial charge >= 0.3 is 0 Å². The molecule has 3 aliphatic heterocycles. The summed E-state index contributed by atoms with van der Waals surface area (Å²) in [5, 5.41) is 0. The first-order valence-corrected chi connectivity index (χ1v) is 8.93. The van der Waals surface area contributed by atoms with Crippen LogP contribution in [-0.2, 0) is 20.8 Å². The van der Waals surface area contributed by atoms with Gasteiger partial charge in [-0.2, -0.15) is 0 Å². The van der Waals surface area contributed by atoms with E-state index in [1.807, 2.05) is 17.0 Å². The maximum atomic E-state index is 12.1. The molecule has 1 aromatic heterocycles. The molecular weight excluding hydrogens is 308 g/mol. The van der Waals surface area contributed by atoms with Crippen LogP contribution >= 0.6 is 0 Å². The van der Waals surface area contributed by atoms with E-state index in [1.165, 1.54) is 0 Å². The molecule has 0 spiro atoms. The van der Waals surface area contributed by atoms with Gasteiger partial charge in [-0.1, -0.05) is 0 Å². The molecule has 0 N–H and O–H groups in total. The summed E-state index contributed by atoms with van der Waals surface area (Å²) in [6.07, 6.45) is 3.96. The molecule has 0 bridgehead atoms. The van der Waals surface area contributed by atoms with E-state index in [0.29, 0.717) is 12.5 Å². The van der Waals surface area contributed by atoms with Crippen LogP contribution in [0.4, 0.5) is 0 Å². The van der Waals surface area contributed by atoms with Gasteiger partial charge in [0.25, 0.3) is 0 Å². The van der Waals surface area contributed by atoms with Crippen molar-refractivity contribution in [1.29, 1.82) is 0 Å². The summed E-state index contributed by atoms with van der Waals surface area (Å²) in [5.41, 5.74) is 0.0257. The number of hydrogen-bond donors (Lipinski definition) is 0. The molecule has 0 radical (unpaired) electrons. The fourth-order valence-corrected chi connectivity index (χ4v) is 4.29. The van der Waals surface area contributed by atoms with E-state index < -0.39 is 0 Å². The predicted molar refractivity (Wildman–Crippen MR) is 87.4 cm³/mol. The topological polar surface area (TPSA) is 55.2 Å². The number of carbonyl (C=O) groups excluding carboxylic acids is 1. The van der Waals surface area contributed by atoms with Crippen LogP contribution in [-0.4, -0.2) is 68.3 Å². The standard InChI is InChI=1S/C18H26N2O4/c21-17(20-5-1-2-6-20)11-23-14-18-12-19(8-15(18)10-22-13-18)9-16-4-3-7-24-16/h3-4,7,15H,1-2,5-6,8-14H2/t15-,18+/m1/s1. The number of ether oxygens (including phenoxy) is 2. The number of nitrogens with zero attached hydrogens (tertiary/aromatic N) is 2. The van der Waals surface area contributed by atoms with E-state index in [2.05, 4.69) is 4.90 Å². The van der Waals surface area contributed by atoms with Gasteiger partial charge in [0.2, 0.25) is 5.91 Å². The maximum Gasteiger partial charge on any atom is 0.248 e. The van der Waals surface area contributed by atoms with Gasteiger partial charge in [0.1, 0.15) is 12.4 Å². The van der Waals surface area contributed by atoms with Crippen LogP contribution in [0.25, 0.3) is 0 Å². The predicted octanol–water partition coefficient (Wildman–Crippen LogP) is 1.37. The van der Waals surface area contributed by atoms with E-state index in [1.54, 1.807) is 6.26 Å². The molecule has 0 unspecified atom stereocenters. The van der Waals surface area contributed by atoms with E-state index in [0.717, 1.165) is 64.5 Å². The molecule has 3 aliphatic rings. The first-order chi connectivity index (χ1) is 11.8. The normalized spacial score (nSPS) is 30.2. The minimum atomic E-state index is 0.0257. The van der Waals surface area contributed by atoms with E-state index in [-0.39, 0.29) is 17.9 Å². The lowest BCUT2D eigenvalue weighted by molar-refractivity contribution is -0.136. The third-order valence-electron chi connectivity index (χ3n) is 5.63. The van der Waals surface area contributed by atoms with E-state index in [9.17, 15) is 4.79 Å². The summed E-state index contributed by atoms with van der Waals surface area (Å²) in [6, 6.07) is 3.95. The fraction of sp³-hybridized carbons (Fsp3) is 0.722. The molecule has 3 saturated heterocycles. The quantitative estimate of drug-likeness (QED) is 0.786. The minimum absolute atomic E-state index is 0.0257. The zero-order chi connectivity index (χ0) is 16.4. The van der Waals surface area contributed by atoms with Crippen LogP contribution in [0.3, 0.4) is 0 Å². The molecule has 0 aromatic carbocycles. The Kier molecular flexibility index (Phi) is 4.61. The summed E-state index contributed by atoms with van der Waals surface area (Å²) in [7, 11) is 0. The van der Waals surface area contributed by atoms with Crippen LogP contribution in [0.15, 0.2) is 22.8 Å². The Morgan fingerprint density at radius 1 is 1.38 bits per heavy atom. The highest BCUT2D eigenvalue weighted by molar-refractivity contribution is 5.77. The van der Waals surface area contributed by atoms with Crippen LogP contribution in [0.5, 0.6) is 0 Å². The smallest absolute Gasteiger partial charge is 0.248 e. The first kappa shape index (κ1) is 16.1. The second-order valence-electron chi connectivity index (χ2n) is 7.40. The first-order valence-electron chi connectivity index (χ1n) is 8.93. The number of rotatable bonds is 6. The summed E-state index contributed by atoms with van der Waals surface area (Å²) in [5.74, 6) is 1.61. The van der Waals surface area contributed by atoms with Crippen molar-refractivity contribution >= 4 is 5.91 Å². The second kappa shape index (κ2) is 6.86. The molecule has 2 atom stereocenters. The number of fused-ring (bicyclic) bond motifs is 1. The van der Waals surface area contributed by atoms with Gasteiger partial charge in [0.05, 0.1) is 32.6 Å². The number of likely N-dealkylation sites (tertiary alicyclic amines) is 2. The van der Waals surface area contributed by atoms with Crippen molar-refractivity contribution in [2.45, 2.75) is 19.4 Å². The number of carbonyl (C=O) groups is 1. The summed E-state index contributed by atoms with van der Waals surface area (Å²) < 4.78 is 17.1. The lowest BCUT2D eigenvalue weighted by atomic mass is 9.82. The van der Waals surface area contributed by atoms with Crippen molar-refractivity contribution in [3.8, 4) is 0 Å². The SMILES string of the molecule is O=C(COC[C@]12COC[C@H]1CN(Cc1ccco1)C2)N1CCCC1. The molecule has 0 aliphatic carbocycles. The Balaban J connectivity index is 1.30. The molecule has 4 rings (SSSR count). The molecule has 1 aromatic rings. The maximum absolute atomic E-state index is 12.1.